The first-order chi connectivity index (χ1) is 18.5. The molecule has 0 fully saturated rings. The van der Waals surface area contributed by atoms with Crippen molar-refractivity contribution in [2.24, 2.45) is 0 Å². The molecule has 0 aliphatic rings. The van der Waals surface area contributed by atoms with E-state index in [9.17, 15) is 15.0 Å². The molecular formula is C29H25BrClN2O5-. The van der Waals surface area contributed by atoms with Crippen molar-refractivity contribution in [1.82, 2.24) is 10.3 Å². The van der Waals surface area contributed by atoms with Gasteiger partial charge < -0.3 is 29.8 Å². The molecule has 1 unspecified atom stereocenters. The summed E-state index contributed by atoms with van der Waals surface area (Å²) < 4.78 is 13.1. The number of aromatic nitrogens is 1. The van der Waals surface area contributed by atoms with Crippen molar-refractivity contribution >= 4 is 33.5 Å². The molecule has 7 nitrogen and oxygen atoms in total. The first kappa shape index (κ1) is 27.6. The highest BCUT2D eigenvalue weighted by atomic mass is 79.9. The molecule has 0 spiro atoms. The molecule has 0 saturated heterocycles. The number of nitrogens with one attached hydrogen (secondary N) is 1. The van der Waals surface area contributed by atoms with E-state index in [0.29, 0.717) is 22.1 Å². The highest BCUT2D eigenvalue weighted by molar-refractivity contribution is 9.10. The van der Waals surface area contributed by atoms with Gasteiger partial charge in [-0.15, -0.1) is 0 Å². The van der Waals surface area contributed by atoms with Gasteiger partial charge in [0.2, 0.25) is 0 Å². The van der Waals surface area contributed by atoms with E-state index in [0.717, 1.165) is 26.7 Å². The fraction of sp³-hybridized carbons (Fsp3) is 0.172. The van der Waals surface area contributed by atoms with Crippen LogP contribution in [0.2, 0.25) is 5.02 Å². The zero-order chi connectivity index (χ0) is 26.9. The number of carboxylic acid groups (broad SMARTS) is 1. The number of carbonyl (C=O) groups is 1. The number of aliphatic carboxylic acids is 1. The third kappa shape index (κ3) is 7.11. The number of hydrogen-bond acceptors (Lipinski definition) is 7. The number of benzene rings is 3. The SMILES string of the molecule is O=C([O-])C(CO)NCc1cc(Cl)c(OCc2cccc(-c3ccccc3)c2Br)cc1OCc1cccnc1. The summed E-state index contributed by atoms with van der Waals surface area (Å²) in [5.41, 5.74) is 4.52. The number of rotatable bonds is 12. The molecule has 0 bridgehead atoms. The Hall–Kier alpha value is -3.43. The second-order valence-corrected chi connectivity index (χ2v) is 9.61. The predicted octanol–water partition coefficient (Wildman–Crippen LogP) is 4.52. The molecule has 38 heavy (non-hydrogen) atoms. The summed E-state index contributed by atoms with van der Waals surface area (Å²) in [4.78, 5) is 15.3. The molecule has 1 atom stereocenters. The Morgan fingerprint density at radius 2 is 1.79 bits per heavy atom. The lowest BCUT2D eigenvalue weighted by Gasteiger charge is -2.20. The molecule has 0 aliphatic carbocycles. The van der Waals surface area contributed by atoms with Crippen LogP contribution in [0.4, 0.5) is 0 Å². The Bertz CT molecular complexity index is 1370. The van der Waals surface area contributed by atoms with E-state index in [-0.39, 0.29) is 19.8 Å². The number of hydrogen-bond donors (Lipinski definition) is 2. The largest absolute Gasteiger partial charge is 0.548 e. The van der Waals surface area contributed by atoms with Gasteiger partial charge in [0.05, 0.1) is 23.6 Å². The lowest BCUT2D eigenvalue weighted by atomic mass is 10.0. The summed E-state index contributed by atoms with van der Waals surface area (Å²) in [5.74, 6) is -0.542. The smallest absolute Gasteiger partial charge is 0.142 e. The number of aliphatic hydroxyl groups excluding tert-OH is 1. The van der Waals surface area contributed by atoms with E-state index in [1.165, 1.54) is 0 Å². The second-order valence-electron chi connectivity index (χ2n) is 8.41. The van der Waals surface area contributed by atoms with Gasteiger partial charge in [0.25, 0.3) is 0 Å². The summed E-state index contributed by atoms with van der Waals surface area (Å²) in [6.07, 6.45) is 3.37. The zero-order valence-corrected chi connectivity index (χ0v) is 22.6. The second kappa shape index (κ2) is 13.4. The lowest BCUT2D eigenvalue weighted by molar-refractivity contribution is -0.309. The van der Waals surface area contributed by atoms with Crippen LogP contribution in [0.3, 0.4) is 0 Å². The van der Waals surface area contributed by atoms with Crippen LogP contribution in [-0.4, -0.2) is 28.7 Å². The Kier molecular flexibility index (Phi) is 9.73. The van der Waals surface area contributed by atoms with Crippen LogP contribution in [0, 0.1) is 0 Å². The van der Waals surface area contributed by atoms with Gasteiger partial charge in [0.1, 0.15) is 24.7 Å². The number of halogens is 2. The van der Waals surface area contributed by atoms with Gasteiger partial charge in [-0.25, -0.2) is 0 Å². The lowest BCUT2D eigenvalue weighted by Crippen LogP contribution is -2.47. The molecule has 4 rings (SSSR count). The topological polar surface area (TPSA) is 104 Å². The Morgan fingerprint density at radius 1 is 1.00 bits per heavy atom. The predicted molar refractivity (Wildman–Crippen MR) is 147 cm³/mol. The van der Waals surface area contributed by atoms with E-state index >= 15 is 0 Å². The van der Waals surface area contributed by atoms with Crippen LogP contribution in [0.25, 0.3) is 11.1 Å². The van der Waals surface area contributed by atoms with Crippen molar-refractivity contribution in [3.05, 3.63) is 111 Å². The minimum absolute atomic E-state index is 0.0756. The molecule has 2 N–H and O–H groups in total. The van der Waals surface area contributed by atoms with Gasteiger partial charge in [0.15, 0.2) is 0 Å². The number of nitrogens with zero attached hydrogens (tertiary/aromatic N) is 1. The molecular weight excluding hydrogens is 572 g/mol. The maximum absolute atomic E-state index is 11.2. The standard InChI is InChI=1S/C29H26BrClN2O5/c30-28-21(9-4-10-23(28)20-7-2-1-3-8-20)18-38-27-13-26(37-17-19-6-5-11-32-14-19)22(12-24(27)31)15-33-25(16-34)29(35)36/h1-14,25,33-34H,15-18H2,(H,35,36)/p-1. The highest BCUT2D eigenvalue weighted by Crippen LogP contribution is 2.36. The Balaban J connectivity index is 1.56. The average molecular weight is 597 g/mol. The van der Waals surface area contributed by atoms with Crippen molar-refractivity contribution in [2.45, 2.75) is 25.8 Å². The van der Waals surface area contributed by atoms with Crippen LogP contribution in [0.15, 0.2) is 89.7 Å². The summed E-state index contributed by atoms with van der Waals surface area (Å²) >= 11 is 10.3. The third-order valence-electron chi connectivity index (χ3n) is 5.78. The maximum atomic E-state index is 11.2. The zero-order valence-electron chi connectivity index (χ0n) is 20.3. The molecule has 1 aromatic heterocycles. The van der Waals surface area contributed by atoms with E-state index in [2.05, 4.69) is 26.2 Å². The number of aliphatic hydroxyl groups is 1. The van der Waals surface area contributed by atoms with Crippen molar-refractivity contribution in [3.8, 4) is 22.6 Å². The van der Waals surface area contributed by atoms with Crippen molar-refractivity contribution in [3.63, 3.8) is 0 Å². The third-order valence-corrected chi connectivity index (χ3v) is 7.02. The molecule has 0 radical (unpaired) electrons. The van der Waals surface area contributed by atoms with E-state index in [4.69, 9.17) is 21.1 Å². The molecule has 0 amide bonds. The minimum atomic E-state index is -1.40. The Labute approximate surface area is 234 Å². The van der Waals surface area contributed by atoms with E-state index in [1.54, 1.807) is 24.5 Å². The average Bonchev–Trinajstić information content (AvgIpc) is 2.93. The van der Waals surface area contributed by atoms with Crippen molar-refractivity contribution < 1.29 is 24.5 Å². The Morgan fingerprint density at radius 3 is 2.50 bits per heavy atom. The molecule has 3 aromatic carbocycles. The molecule has 9 heteroatoms. The van der Waals surface area contributed by atoms with Crippen LogP contribution < -0.4 is 19.9 Å². The molecule has 4 aromatic rings. The van der Waals surface area contributed by atoms with Crippen LogP contribution in [0.1, 0.15) is 16.7 Å². The number of pyridine rings is 1. The minimum Gasteiger partial charge on any atom is -0.548 e. The first-order valence-corrected chi connectivity index (χ1v) is 13.0. The van der Waals surface area contributed by atoms with E-state index in [1.807, 2.05) is 60.7 Å². The van der Waals surface area contributed by atoms with Crippen LogP contribution in [0.5, 0.6) is 11.5 Å². The molecule has 0 aliphatic heterocycles. The first-order valence-electron chi connectivity index (χ1n) is 11.8. The molecule has 0 saturated carbocycles. The maximum Gasteiger partial charge on any atom is 0.142 e. The summed E-state index contributed by atoms with van der Waals surface area (Å²) in [5, 5.41) is 23.6. The van der Waals surface area contributed by atoms with Gasteiger partial charge in [-0.3, -0.25) is 4.98 Å². The molecule has 1 heterocycles. The number of carboxylic acids is 1. The van der Waals surface area contributed by atoms with Crippen LogP contribution in [-0.2, 0) is 24.6 Å². The fourth-order valence-corrected chi connectivity index (χ4v) is 4.60. The van der Waals surface area contributed by atoms with Gasteiger partial charge >= 0.3 is 0 Å². The van der Waals surface area contributed by atoms with Crippen LogP contribution >= 0.6 is 27.5 Å². The number of carbonyl (C=O) groups excluding carboxylic acids is 1. The number of ether oxygens (including phenoxy) is 2. The van der Waals surface area contributed by atoms with Crippen molar-refractivity contribution in [1.29, 1.82) is 0 Å². The van der Waals surface area contributed by atoms with E-state index < -0.39 is 18.6 Å². The monoisotopic (exact) mass is 595 g/mol. The fourth-order valence-electron chi connectivity index (χ4n) is 3.75. The summed E-state index contributed by atoms with van der Waals surface area (Å²) in [6, 6.07) is 21.8. The normalized spacial score (nSPS) is 11.7. The highest BCUT2D eigenvalue weighted by Gasteiger charge is 2.16. The van der Waals surface area contributed by atoms with Gasteiger partial charge in [-0.2, -0.15) is 0 Å². The summed E-state index contributed by atoms with van der Waals surface area (Å²) in [7, 11) is 0. The van der Waals surface area contributed by atoms with Gasteiger partial charge in [-0.05, 0) is 39.2 Å². The summed E-state index contributed by atoms with van der Waals surface area (Å²) in [6.45, 7) is -0.0549. The van der Waals surface area contributed by atoms with Gasteiger partial charge in [0, 0.05) is 46.2 Å². The quantitative estimate of drug-likeness (QED) is 0.248. The van der Waals surface area contributed by atoms with Gasteiger partial charge in [-0.1, -0.05) is 66.2 Å². The molecule has 196 valence electrons. The van der Waals surface area contributed by atoms with Crippen molar-refractivity contribution in [2.75, 3.05) is 6.61 Å².